The highest BCUT2D eigenvalue weighted by Crippen LogP contribution is 2.35. The molecule has 1 aromatic carbocycles. The van der Waals surface area contributed by atoms with E-state index in [4.69, 9.17) is 4.74 Å². The fourth-order valence-electron chi connectivity index (χ4n) is 4.19. The molecule has 1 atom stereocenters. The van der Waals surface area contributed by atoms with Crippen molar-refractivity contribution in [2.45, 2.75) is 43.4 Å². The van der Waals surface area contributed by atoms with Gasteiger partial charge < -0.3 is 20.4 Å². The van der Waals surface area contributed by atoms with Gasteiger partial charge in [0.05, 0.1) is 22.9 Å². The fraction of sp³-hybridized carbons (Fsp3) is 0.435. The molecule has 9 nitrogen and oxygen atoms in total. The molecule has 0 spiro atoms. The SMILES string of the molecule is Cc1nc2c(Nc3ccc([C@H]4CCCOC4)cc3S(C)(=O)=O)cc(NC(=O)C3CC3)nc2[nH]1. The molecule has 1 aliphatic heterocycles. The molecule has 10 heteroatoms. The second-order valence-electron chi connectivity index (χ2n) is 8.90. The number of hydrogen-bond donors (Lipinski definition) is 3. The lowest BCUT2D eigenvalue weighted by atomic mass is 9.93. The van der Waals surface area contributed by atoms with Gasteiger partial charge in [-0.2, -0.15) is 0 Å². The smallest absolute Gasteiger partial charge is 0.228 e. The molecule has 0 bridgehead atoms. The van der Waals surface area contributed by atoms with Crippen LogP contribution < -0.4 is 10.6 Å². The average Bonchev–Trinajstić information content (AvgIpc) is 3.56. The normalized spacial score (nSPS) is 18.9. The predicted molar refractivity (Wildman–Crippen MR) is 126 cm³/mol. The van der Waals surface area contributed by atoms with Gasteiger partial charge in [-0.3, -0.25) is 4.79 Å². The number of carbonyl (C=O) groups excluding carboxylic acids is 1. The molecule has 3 N–H and O–H groups in total. The van der Waals surface area contributed by atoms with Gasteiger partial charge in [0.1, 0.15) is 17.2 Å². The Labute approximate surface area is 192 Å². The van der Waals surface area contributed by atoms with Crippen LogP contribution in [-0.4, -0.2) is 48.7 Å². The van der Waals surface area contributed by atoms with E-state index in [1.54, 1.807) is 18.2 Å². The number of fused-ring (bicyclic) bond motifs is 1. The maximum atomic E-state index is 12.7. The van der Waals surface area contributed by atoms with Gasteiger partial charge in [0, 0.05) is 30.8 Å². The van der Waals surface area contributed by atoms with Gasteiger partial charge in [-0.05, 0) is 50.3 Å². The van der Waals surface area contributed by atoms with E-state index in [2.05, 4.69) is 25.6 Å². The molecule has 5 rings (SSSR count). The molecule has 2 aromatic heterocycles. The molecular formula is C23H27N5O4S. The summed E-state index contributed by atoms with van der Waals surface area (Å²) in [6.45, 7) is 3.16. The van der Waals surface area contributed by atoms with Gasteiger partial charge >= 0.3 is 0 Å². The van der Waals surface area contributed by atoms with Gasteiger partial charge in [0.15, 0.2) is 15.5 Å². The number of nitrogens with one attached hydrogen (secondary N) is 3. The topological polar surface area (TPSA) is 126 Å². The summed E-state index contributed by atoms with van der Waals surface area (Å²) < 4.78 is 30.9. The first-order valence-corrected chi connectivity index (χ1v) is 13.0. The molecule has 0 radical (unpaired) electrons. The Bertz CT molecular complexity index is 1320. The fourth-order valence-corrected chi connectivity index (χ4v) is 5.06. The van der Waals surface area contributed by atoms with Gasteiger partial charge in [-0.25, -0.2) is 18.4 Å². The molecule has 174 valence electrons. The van der Waals surface area contributed by atoms with Crippen LogP contribution in [-0.2, 0) is 19.4 Å². The highest BCUT2D eigenvalue weighted by Gasteiger charge is 2.30. The molecule has 2 aliphatic rings. The summed E-state index contributed by atoms with van der Waals surface area (Å²) in [7, 11) is -3.51. The van der Waals surface area contributed by atoms with Crippen LogP contribution in [0.2, 0.25) is 0 Å². The van der Waals surface area contributed by atoms with Crippen LogP contribution in [0, 0.1) is 12.8 Å². The molecule has 3 heterocycles. The van der Waals surface area contributed by atoms with Gasteiger partial charge in [-0.15, -0.1) is 0 Å². The molecule has 1 saturated carbocycles. The highest BCUT2D eigenvalue weighted by atomic mass is 32.2. The van der Waals surface area contributed by atoms with Crippen molar-refractivity contribution in [2.75, 3.05) is 30.1 Å². The number of aromatic amines is 1. The highest BCUT2D eigenvalue weighted by molar-refractivity contribution is 7.90. The third kappa shape index (κ3) is 4.72. The van der Waals surface area contributed by atoms with Crippen molar-refractivity contribution in [1.29, 1.82) is 0 Å². The molecule has 1 amide bonds. The maximum Gasteiger partial charge on any atom is 0.228 e. The van der Waals surface area contributed by atoms with Crippen molar-refractivity contribution in [3.8, 4) is 0 Å². The lowest BCUT2D eigenvalue weighted by molar-refractivity contribution is -0.117. The molecular weight excluding hydrogens is 442 g/mol. The number of benzene rings is 1. The first-order valence-electron chi connectivity index (χ1n) is 11.1. The van der Waals surface area contributed by atoms with Crippen LogP contribution in [0.3, 0.4) is 0 Å². The van der Waals surface area contributed by atoms with E-state index in [-0.39, 0.29) is 22.6 Å². The predicted octanol–water partition coefficient (Wildman–Crippen LogP) is 3.66. The largest absolute Gasteiger partial charge is 0.381 e. The summed E-state index contributed by atoms with van der Waals surface area (Å²) in [5, 5.41) is 6.10. The third-order valence-electron chi connectivity index (χ3n) is 6.08. The third-order valence-corrected chi connectivity index (χ3v) is 7.21. The first-order chi connectivity index (χ1) is 15.8. The number of amides is 1. The minimum atomic E-state index is -3.51. The van der Waals surface area contributed by atoms with Crippen molar-refractivity contribution in [2.24, 2.45) is 5.92 Å². The van der Waals surface area contributed by atoms with Crippen LogP contribution in [0.4, 0.5) is 17.2 Å². The number of hydrogen-bond acceptors (Lipinski definition) is 7. The number of imidazole rings is 1. The zero-order chi connectivity index (χ0) is 23.2. The molecule has 1 aliphatic carbocycles. The van der Waals surface area contributed by atoms with Crippen LogP contribution in [0.25, 0.3) is 11.2 Å². The molecule has 3 aromatic rings. The number of sulfone groups is 1. The van der Waals surface area contributed by atoms with Gasteiger partial charge in [0.25, 0.3) is 0 Å². The minimum absolute atomic E-state index is 0.0376. The van der Waals surface area contributed by atoms with Crippen molar-refractivity contribution in [3.05, 3.63) is 35.7 Å². The number of aromatic nitrogens is 3. The summed E-state index contributed by atoms with van der Waals surface area (Å²) in [5.41, 5.74) is 3.05. The average molecular weight is 470 g/mol. The second kappa shape index (κ2) is 8.42. The maximum absolute atomic E-state index is 12.7. The number of ether oxygens (including phenoxy) is 1. The number of rotatable bonds is 6. The second-order valence-corrected chi connectivity index (χ2v) is 10.9. The lowest BCUT2D eigenvalue weighted by Gasteiger charge is -2.23. The Morgan fingerprint density at radius 3 is 2.67 bits per heavy atom. The number of aryl methyl sites for hydroxylation is 1. The zero-order valence-electron chi connectivity index (χ0n) is 18.6. The summed E-state index contributed by atoms with van der Waals surface area (Å²) >= 11 is 0. The van der Waals surface area contributed by atoms with E-state index in [9.17, 15) is 13.2 Å². The van der Waals surface area contributed by atoms with E-state index in [1.165, 1.54) is 6.26 Å². The van der Waals surface area contributed by atoms with Crippen molar-refractivity contribution in [1.82, 2.24) is 15.0 Å². The van der Waals surface area contributed by atoms with E-state index in [1.807, 2.05) is 13.0 Å². The molecule has 0 unspecified atom stereocenters. The Hall–Kier alpha value is -2.98. The van der Waals surface area contributed by atoms with Crippen molar-refractivity contribution >= 4 is 44.1 Å². The van der Waals surface area contributed by atoms with Crippen LogP contribution in [0.15, 0.2) is 29.2 Å². The zero-order valence-corrected chi connectivity index (χ0v) is 19.5. The van der Waals surface area contributed by atoms with E-state index in [0.717, 1.165) is 37.9 Å². The minimum Gasteiger partial charge on any atom is -0.381 e. The molecule has 33 heavy (non-hydrogen) atoms. The van der Waals surface area contributed by atoms with E-state index in [0.29, 0.717) is 40.8 Å². The summed E-state index contributed by atoms with van der Waals surface area (Å²) in [4.78, 5) is 24.6. The van der Waals surface area contributed by atoms with Crippen molar-refractivity contribution < 1.29 is 17.9 Å². The molecule has 2 fully saturated rings. The van der Waals surface area contributed by atoms with Crippen LogP contribution >= 0.6 is 0 Å². The summed E-state index contributed by atoms with van der Waals surface area (Å²) in [6, 6.07) is 7.16. The Balaban J connectivity index is 1.53. The van der Waals surface area contributed by atoms with E-state index < -0.39 is 9.84 Å². The quantitative estimate of drug-likeness (QED) is 0.503. The Kier molecular flexibility index (Phi) is 5.57. The van der Waals surface area contributed by atoms with Gasteiger partial charge in [-0.1, -0.05) is 6.07 Å². The van der Waals surface area contributed by atoms with Gasteiger partial charge in [0.2, 0.25) is 5.91 Å². The lowest BCUT2D eigenvalue weighted by Crippen LogP contribution is -2.16. The Morgan fingerprint density at radius 1 is 1.15 bits per heavy atom. The standard InChI is InChI=1S/C23H27N5O4S/c1-13-24-21-18(11-20(27-22(21)25-13)28-23(29)14-5-6-14)26-17-8-7-15(10-19(17)33(2,30)31)16-4-3-9-32-12-16/h7-8,10-11,14,16H,3-6,9,12H2,1-2H3,(H3,24,25,26,27,28,29)/t16-/m0/s1. The van der Waals surface area contributed by atoms with Crippen LogP contribution in [0.1, 0.15) is 43.0 Å². The summed E-state index contributed by atoms with van der Waals surface area (Å²) in [5.74, 6) is 1.22. The Morgan fingerprint density at radius 2 is 1.97 bits per heavy atom. The van der Waals surface area contributed by atoms with Crippen LogP contribution in [0.5, 0.6) is 0 Å². The first kappa shape index (κ1) is 21.8. The van der Waals surface area contributed by atoms with E-state index >= 15 is 0 Å². The summed E-state index contributed by atoms with van der Waals surface area (Å²) in [6.07, 6.45) is 4.91. The number of pyridine rings is 1. The molecule has 1 saturated heterocycles. The number of anilines is 3. The monoisotopic (exact) mass is 469 g/mol. The number of nitrogens with zero attached hydrogens (tertiary/aromatic N) is 2. The number of carbonyl (C=O) groups is 1. The van der Waals surface area contributed by atoms with Crippen molar-refractivity contribution in [3.63, 3.8) is 0 Å². The number of H-pyrrole nitrogens is 1.